The summed E-state index contributed by atoms with van der Waals surface area (Å²) in [7, 11) is 0. The number of halogens is 3. The molecule has 0 fully saturated rings. The largest absolute Gasteiger partial charge is 0.448 e. The second-order valence-corrected chi connectivity index (χ2v) is 5.87. The first-order chi connectivity index (χ1) is 13.1. The minimum absolute atomic E-state index is 0.0926. The summed E-state index contributed by atoms with van der Waals surface area (Å²) in [5.41, 5.74) is -2.79. The molecule has 0 saturated carbocycles. The molecule has 0 aliphatic heterocycles. The van der Waals surface area contributed by atoms with Gasteiger partial charge in [-0.2, -0.15) is 18.3 Å². The van der Waals surface area contributed by atoms with Crippen molar-refractivity contribution >= 4 is 11.9 Å². The zero-order chi connectivity index (χ0) is 21.1. The molecular weight excluding hydrogens is 379 g/mol. The Morgan fingerprint density at radius 3 is 2.54 bits per heavy atom. The molecule has 10 heteroatoms. The molecule has 0 radical (unpaired) electrons. The molecule has 1 N–H and O–H groups in total. The van der Waals surface area contributed by atoms with Gasteiger partial charge in [-0.3, -0.25) is 9.59 Å². The SMILES string of the molecule is CCNC(=O)[C@H](C)OC(=O)c1nn(-c2ccccc2C(F)(F)F)c(C)cc1=O. The highest BCUT2D eigenvalue weighted by Crippen LogP contribution is 2.33. The summed E-state index contributed by atoms with van der Waals surface area (Å²) in [4.78, 5) is 36.1. The van der Waals surface area contributed by atoms with Crippen molar-refractivity contribution in [3.63, 3.8) is 0 Å². The van der Waals surface area contributed by atoms with Gasteiger partial charge in [0.05, 0.1) is 11.3 Å². The zero-order valence-corrected chi connectivity index (χ0v) is 15.3. The zero-order valence-electron chi connectivity index (χ0n) is 15.3. The number of nitrogens with one attached hydrogen (secondary N) is 1. The van der Waals surface area contributed by atoms with Crippen LogP contribution in [0.3, 0.4) is 0 Å². The Kier molecular flexibility index (Phi) is 6.22. The van der Waals surface area contributed by atoms with Crippen LogP contribution in [0.1, 0.15) is 35.6 Å². The van der Waals surface area contributed by atoms with Gasteiger partial charge in [0.15, 0.2) is 6.10 Å². The number of carbonyl (C=O) groups is 2. The lowest BCUT2D eigenvalue weighted by Crippen LogP contribution is -2.37. The number of aromatic nitrogens is 2. The number of likely N-dealkylation sites (N-methyl/N-ethyl adjacent to an activating group) is 1. The van der Waals surface area contributed by atoms with E-state index in [9.17, 15) is 27.6 Å². The molecule has 1 heterocycles. The van der Waals surface area contributed by atoms with Crippen LogP contribution < -0.4 is 10.7 Å². The van der Waals surface area contributed by atoms with Crippen molar-refractivity contribution in [2.24, 2.45) is 0 Å². The molecule has 2 aromatic rings. The molecule has 0 unspecified atom stereocenters. The number of alkyl halides is 3. The van der Waals surface area contributed by atoms with Crippen molar-refractivity contribution in [2.75, 3.05) is 6.54 Å². The number of amides is 1. The van der Waals surface area contributed by atoms with Crippen LogP contribution in [-0.2, 0) is 15.7 Å². The molecule has 150 valence electrons. The third-order valence-corrected chi connectivity index (χ3v) is 3.74. The maximum atomic E-state index is 13.3. The minimum Gasteiger partial charge on any atom is -0.448 e. The van der Waals surface area contributed by atoms with Crippen molar-refractivity contribution in [2.45, 2.75) is 33.1 Å². The second kappa shape index (κ2) is 8.24. The van der Waals surface area contributed by atoms with Crippen LogP contribution in [0.5, 0.6) is 0 Å². The Hall–Kier alpha value is -3.17. The predicted molar refractivity (Wildman–Crippen MR) is 93.1 cm³/mol. The molecule has 1 aromatic heterocycles. The first-order valence-corrected chi connectivity index (χ1v) is 8.32. The van der Waals surface area contributed by atoms with E-state index in [0.717, 1.165) is 16.8 Å². The number of nitrogens with zero attached hydrogens (tertiary/aromatic N) is 2. The highest BCUT2D eigenvalue weighted by Gasteiger charge is 2.34. The number of carbonyl (C=O) groups excluding carboxylic acids is 2. The third kappa shape index (κ3) is 4.56. The topological polar surface area (TPSA) is 90.3 Å². The van der Waals surface area contributed by atoms with Crippen LogP contribution in [0.2, 0.25) is 0 Å². The van der Waals surface area contributed by atoms with Gasteiger partial charge in [0.25, 0.3) is 5.91 Å². The molecule has 0 saturated heterocycles. The average molecular weight is 397 g/mol. The van der Waals surface area contributed by atoms with E-state index in [0.29, 0.717) is 6.54 Å². The monoisotopic (exact) mass is 397 g/mol. The molecule has 0 aliphatic carbocycles. The lowest BCUT2D eigenvalue weighted by atomic mass is 10.1. The van der Waals surface area contributed by atoms with Crippen LogP contribution in [0.25, 0.3) is 5.69 Å². The van der Waals surface area contributed by atoms with E-state index < -0.39 is 40.8 Å². The molecule has 0 spiro atoms. The molecule has 0 aliphatic rings. The molecular formula is C18H18F3N3O4. The Morgan fingerprint density at radius 2 is 1.93 bits per heavy atom. The van der Waals surface area contributed by atoms with Crippen molar-refractivity contribution < 1.29 is 27.5 Å². The van der Waals surface area contributed by atoms with E-state index in [-0.39, 0.29) is 11.4 Å². The van der Waals surface area contributed by atoms with Gasteiger partial charge in [-0.1, -0.05) is 12.1 Å². The smallest absolute Gasteiger partial charge is 0.418 e. The van der Waals surface area contributed by atoms with Gasteiger partial charge in [0.1, 0.15) is 0 Å². The Morgan fingerprint density at radius 1 is 1.29 bits per heavy atom. The summed E-state index contributed by atoms with van der Waals surface area (Å²) < 4.78 is 45.7. The first kappa shape index (κ1) is 21.1. The van der Waals surface area contributed by atoms with E-state index in [2.05, 4.69) is 10.4 Å². The lowest BCUT2D eigenvalue weighted by Gasteiger charge is -2.17. The van der Waals surface area contributed by atoms with Gasteiger partial charge in [-0.05, 0) is 32.9 Å². The van der Waals surface area contributed by atoms with Gasteiger partial charge in [0, 0.05) is 18.3 Å². The first-order valence-electron chi connectivity index (χ1n) is 8.32. The van der Waals surface area contributed by atoms with Gasteiger partial charge >= 0.3 is 12.1 Å². The summed E-state index contributed by atoms with van der Waals surface area (Å²) in [5.74, 6) is -1.78. The Balaban J connectivity index is 2.48. The lowest BCUT2D eigenvalue weighted by molar-refractivity contribution is -0.137. The van der Waals surface area contributed by atoms with E-state index in [1.165, 1.54) is 32.0 Å². The molecule has 1 aromatic carbocycles. The van der Waals surface area contributed by atoms with Crippen molar-refractivity contribution in [1.82, 2.24) is 15.1 Å². The molecule has 28 heavy (non-hydrogen) atoms. The van der Waals surface area contributed by atoms with Crippen LogP contribution in [0, 0.1) is 6.92 Å². The second-order valence-electron chi connectivity index (χ2n) is 5.87. The highest BCUT2D eigenvalue weighted by atomic mass is 19.4. The number of rotatable bonds is 5. The maximum absolute atomic E-state index is 13.3. The number of para-hydroxylation sites is 1. The normalized spacial score (nSPS) is 12.4. The fourth-order valence-electron chi connectivity index (χ4n) is 2.42. The number of aryl methyl sites for hydroxylation is 1. The summed E-state index contributed by atoms with van der Waals surface area (Å²) in [6, 6.07) is 5.60. The highest BCUT2D eigenvalue weighted by molar-refractivity contribution is 5.90. The molecule has 2 rings (SSSR count). The number of hydrogen-bond acceptors (Lipinski definition) is 5. The van der Waals surface area contributed by atoms with Gasteiger partial charge in [0.2, 0.25) is 11.1 Å². The van der Waals surface area contributed by atoms with Crippen LogP contribution in [0.4, 0.5) is 13.2 Å². The summed E-state index contributed by atoms with van der Waals surface area (Å²) in [5, 5.41) is 6.21. The van der Waals surface area contributed by atoms with E-state index >= 15 is 0 Å². The van der Waals surface area contributed by atoms with Crippen molar-refractivity contribution in [3.8, 4) is 5.69 Å². The quantitative estimate of drug-likeness (QED) is 0.782. The standard InChI is InChI=1S/C18H18F3N3O4/c1-4-22-16(26)11(3)28-17(27)15-14(25)9-10(2)24(23-15)13-8-6-5-7-12(13)18(19,20)21/h5-9,11H,4H2,1-3H3,(H,22,26)/t11-/m0/s1. The van der Waals surface area contributed by atoms with E-state index in [1.807, 2.05) is 0 Å². The number of benzene rings is 1. The summed E-state index contributed by atoms with van der Waals surface area (Å²) in [6.07, 6.45) is -5.87. The Bertz CT molecular complexity index is 954. The van der Waals surface area contributed by atoms with Crippen LogP contribution >= 0.6 is 0 Å². The third-order valence-electron chi connectivity index (χ3n) is 3.74. The molecule has 1 amide bonds. The minimum atomic E-state index is -4.67. The fourth-order valence-corrected chi connectivity index (χ4v) is 2.42. The number of ether oxygens (including phenoxy) is 1. The number of hydrogen-bond donors (Lipinski definition) is 1. The van der Waals surface area contributed by atoms with Crippen LogP contribution in [-0.4, -0.2) is 34.3 Å². The van der Waals surface area contributed by atoms with E-state index in [4.69, 9.17) is 4.74 Å². The van der Waals surface area contributed by atoms with Crippen molar-refractivity contribution in [1.29, 1.82) is 0 Å². The van der Waals surface area contributed by atoms with Crippen molar-refractivity contribution in [3.05, 3.63) is 57.5 Å². The van der Waals surface area contributed by atoms with Gasteiger partial charge in [-0.25, -0.2) is 9.48 Å². The predicted octanol–water partition coefficient (Wildman–Crippen LogP) is 2.24. The Labute approximate surface area is 158 Å². The maximum Gasteiger partial charge on any atom is 0.418 e. The summed E-state index contributed by atoms with van der Waals surface area (Å²) in [6.45, 7) is 4.66. The van der Waals surface area contributed by atoms with Gasteiger partial charge in [-0.15, -0.1) is 0 Å². The summed E-state index contributed by atoms with van der Waals surface area (Å²) >= 11 is 0. The average Bonchev–Trinajstić information content (AvgIpc) is 2.61. The number of esters is 1. The molecule has 7 nitrogen and oxygen atoms in total. The van der Waals surface area contributed by atoms with E-state index in [1.54, 1.807) is 6.92 Å². The van der Waals surface area contributed by atoms with Crippen LogP contribution in [0.15, 0.2) is 35.1 Å². The van der Waals surface area contributed by atoms with Gasteiger partial charge < -0.3 is 10.1 Å². The molecule has 1 atom stereocenters. The fraction of sp³-hybridized carbons (Fsp3) is 0.333. The molecule has 0 bridgehead atoms.